The molecule has 198 valence electrons. The van der Waals surface area contributed by atoms with E-state index in [4.69, 9.17) is 9.47 Å². The van der Waals surface area contributed by atoms with Gasteiger partial charge in [-0.25, -0.2) is 13.2 Å². The summed E-state index contributed by atoms with van der Waals surface area (Å²) in [6, 6.07) is 9.12. The molecule has 37 heavy (non-hydrogen) atoms. The third kappa shape index (κ3) is 5.09. The van der Waals surface area contributed by atoms with Crippen LogP contribution in [-0.2, 0) is 15.1 Å². The van der Waals surface area contributed by atoms with Crippen LogP contribution in [-0.4, -0.2) is 43.1 Å². The fraction of sp³-hybridized carbons (Fsp3) is 0.429. The number of amides is 1. The number of aryl methyl sites for hydroxylation is 1. The van der Waals surface area contributed by atoms with Gasteiger partial charge in [-0.1, -0.05) is 18.2 Å². The van der Waals surface area contributed by atoms with Gasteiger partial charge in [0, 0.05) is 61.1 Å². The Morgan fingerprint density at radius 2 is 1.81 bits per heavy atom. The number of aromatic nitrogens is 1. The minimum Gasteiger partial charge on any atom is -0.496 e. The fourth-order valence-corrected chi connectivity index (χ4v) is 5.18. The summed E-state index contributed by atoms with van der Waals surface area (Å²) in [5.74, 6) is -0.262. The molecule has 1 N–H and O–H groups in total. The Morgan fingerprint density at radius 1 is 1.14 bits per heavy atom. The molecule has 1 aliphatic rings. The van der Waals surface area contributed by atoms with E-state index in [0.717, 1.165) is 22.7 Å². The number of carbonyl (C=O) groups excluding carboxylic acids is 1. The molecule has 3 aromatic rings. The molecular formula is C28H32F3N3O3. The van der Waals surface area contributed by atoms with Gasteiger partial charge in [-0.15, -0.1) is 0 Å². The first-order chi connectivity index (χ1) is 17.6. The maximum Gasteiger partial charge on any atom is 0.266 e. The molecule has 9 heteroatoms. The SMILES string of the molecule is COc1cc2nc(C)cc(N[C@H](C)c3cccc(C(F)F)c3F)c2cc1C1(OC)CCN(C(C)=O)CC1. The number of hydrogen-bond donors (Lipinski definition) is 1. The Kier molecular flexibility index (Phi) is 7.64. The van der Waals surface area contributed by atoms with Crippen LogP contribution in [0.4, 0.5) is 18.9 Å². The molecule has 1 amide bonds. The number of fused-ring (bicyclic) bond motifs is 1. The third-order valence-corrected chi connectivity index (χ3v) is 7.29. The van der Waals surface area contributed by atoms with E-state index in [2.05, 4.69) is 10.3 Å². The van der Waals surface area contributed by atoms with Crippen LogP contribution in [0.15, 0.2) is 36.4 Å². The number of hydrogen-bond acceptors (Lipinski definition) is 5. The predicted octanol–water partition coefficient (Wildman–Crippen LogP) is 6.29. The highest BCUT2D eigenvalue weighted by molar-refractivity contribution is 5.93. The van der Waals surface area contributed by atoms with Crippen molar-refractivity contribution in [1.82, 2.24) is 9.88 Å². The molecule has 0 radical (unpaired) electrons. The monoisotopic (exact) mass is 515 g/mol. The van der Waals surface area contributed by atoms with Crippen LogP contribution in [0.5, 0.6) is 5.75 Å². The number of benzene rings is 2. The number of alkyl halides is 2. The molecule has 2 heterocycles. The Hall–Kier alpha value is -3.33. The summed E-state index contributed by atoms with van der Waals surface area (Å²) in [6.07, 6.45) is -1.71. The van der Waals surface area contributed by atoms with E-state index in [1.807, 2.05) is 25.1 Å². The van der Waals surface area contributed by atoms with Crippen molar-refractivity contribution < 1.29 is 27.4 Å². The largest absolute Gasteiger partial charge is 0.496 e. The van der Waals surface area contributed by atoms with Gasteiger partial charge in [0.2, 0.25) is 5.91 Å². The highest BCUT2D eigenvalue weighted by Crippen LogP contribution is 2.44. The number of anilines is 1. The lowest BCUT2D eigenvalue weighted by molar-refractivity contribution is -0.135. The number of methoxy groups -OCH3 is 2. The third-order valence-electron chi connectivity index (χ3n) is 7.29. The molecule has 1 saturated heterocycles. The van der Waals surface area contributed by atoms with Crippen LogP contribution in [0.25, 0.3) is 10.9 Å². The van der Waals surface area contributed by atoms with Gasteiger partial charge in [0.05, 0.1) is 29.8 Å². The molecule has 1 aromatic heterocycles. The van der Waals surface area contributed by atoms with E-state index in [9.17, 15) is 18.0 Å². The highest BCUT2D eigenvalue weighted by Gasteiger charge is 2.39. The summed E-state index contributed by atoms with van der Waals surface area (Å²) < 4.78 is 53.2. The molecule has 0 bridgehead atoms. The molecule has 0 saturated carbocycles. The second kappa shape index (κ2) is 10.6. The van der Waals surface area contributed by atoms with Crippen LogP contribution in [0.3, 0.4) is 0 Å². The van der Waals surface area contributed by atoms with Gasteiger partial charge < -0.3 is 19.7 Å². The first-order valence-corrected chi connectivity index (χ1v) is 12.2. The van der Waals surface area contributed by atoms with Gasteiger partial charge in [0.15, 0.2) is 0 Å². The number of carbonyl (C=O) groups is 1. The van der Waals surface area contributed by atoms with Crippen molar-refractivity contribution in [3.05, 3.63) is 64.6 Å². The zero-order valence-electron chi connectivity index (χ0n) is 21.7. The number of ether oxygens (including phenoxy) is 2. The number of halogens is 3. The van der Waals surface area contributed by atoms with Crippen molar-refractivity contribution in [2.45, 2.75) is 51.7 Å². The predicted molar refractivity (Wildman–Crippen MR) is 137 cm³/mol. The topological polar surface area (TPSA) is 63.7 Å². The molecular weight excluding hydrogens is 483 g/mol. The molecule has 1 atom stereocenters. The van der Waals surface area contributed by atoms with Gasteiger partial charge >= 0.3 is 0 Å². The van der Waals surface area contributed by atoms with Crippen LogP contribution in [0.2, 0.25) is 0 Å². The van der Waals surface area contributed by atoms with Crippen molar-refractivity contribution in [1.29, 1.82) is 0 Å². The molecule has 1 fully saturated rings. The summed E-state index contributed by atoms with van der Waals surface area (Å²) in [4.78, 5) is 18.3. The Morgan fingerprint density at radius 3 is 2.41 bits per heavy atom. The first kappa shape index (κ1) is 26.7. The summed E-state index contributed by atoms with van der Waals surface area (Å²) >= 11 is 0. The van der Waals surface area contributed by atoms with E-state index >= 15 is 0 Å². The molecule has 6 nitrogen and oxygen atoms in total. The van der Waals surface area contributed by atoms with Crippen molar-refractivity contribution in [2.24, 2.45) is 0 Å². The minimum absolute atomic E-state index is 0.0264. The Bertz CT molecular complexity index is 1310. The Balaban J connectivity index is 1.78. The quantitative estimate of drug-likeness (QED) is 0.401. The van der Waals surface area contributed by atoms with E-state index < -0.39 is 29.4 Å². The molecule has 0 aliphatic carbocycles. The average Bonchev–Trinajstić information content (AvgIpc) is 2.87. The van der Waals surface area contributed by atoms with E-state index in [1.165, 1.54) is 12.1 Å². The summed E-state index contributed by atoms with van der Waals surface area (Å²) in [5, 5.41) is 4.08. The van der Waals surface area contributed by atoms with Crippen molar-refractivity contribution in [3.8, 4) is 5.75 Å². The summed E-state index contributed by atoms with van der Waals surface area (Å²) in [6.45, 7) is 6.25. The maximum atomic E-state index is 14.9. The van der Waals surface area contributed by atoms with Crippen LogP contribution in [0, 0.1) is 12.7 Å². The average molecular weight is 516 g/mol. The van der Waals surface area contributed by atoms with Gasteiger partial charge in [-0.3, -0.25) is 9.78 Å². The van der Waals surface area contributed by atoms with Gasteiger partial charge in [-0.2, -0.15) is 0 Å². The maximum absolute atomic E-state index is 14.9. The molecule has 2 aromatic carbocycles. The summed E-state index contributed by atoms with van der Waals surface area (Å²) in [7, 11) is 3.25. The lowest BCUT2D eigenvalue weighted by atomic mass is 9.82. The van der Waals surface area contributed by atoms with Crippen molar-refractivity contribution in [2.75, 3.05) is 32.6 Å². The minimum atomic E-state index is -2.90. The van der Waals surface area contributed by atoms with E-state index in [0.29, 0.717) is 42.9 Å². The fourth-order valence-electron chi connectivity index (χ4n) is 5.18. The van der Waals surface area contributed by atoms with Gasteiger partial charge in [0.1, 0.15) is 11.6 Å². The first-order valence-electron chi connectivity index (χ1n) is 12.2. The summed E-state index contributed by atoms with van der Waals surface area (Å²) in [5.41, 5.74) is 1.79. The second-order valence-corrected chi connectivity index (χ2v) is 9.50. The van der Waals surface area contributed by atoms with Crippen LogP contribution >= 0.6 is 0 Å². The lowest BCUT2D eigenvalue weighted by Crippen LogP contribution is -2.45. The molecule has 0 spiro atoms. The number of piperidine rings is 1. The standard InChI is InChI=1S/C28H32F3N3O3/c1-16-13-23(33-17(2)19-7-6-8-20(26(19)29)27(30)31)21-14-22(25(36-4)15-24(21)32-16)28(37-5)9-11-34(12-10-28)18(3)35/h6-8,13-15,17,27H,9-12H2,1-5H3,(H,32,33)/t17-/m1/s1. The highest BCUT2D eigenvalue weighted by atomic mass is 19.3. The number of likely N-dealkylation sites (tertiary alicyclic amines) is 1. The number of nitrogens with one attached hydrogen (secondary N) is 1. The molecule has 4 rings (SSSR count). The zero-order chi connectivity index (χ0) is 26.9. The lowest BCUT2D eigenvalue weighted by Gasteiger charge is -2.41. The smallest absolute Gasteiger partial charge is 0.266 e. The van der Waals surface area contributed by atoms with E-state index in [1.54, 1.807) is 33.0 Å². The Labute approximate surface area is 214 Å². The van der Waals surface area contributed by atoms with Gasteiger partial charge in [-0.05, 0) is 38.8 Å². The van der Waals surface area contributed by atoms with E-state index in [-0.39, 0.29) is 11.5 Å². The van der Waals surface area contributed by atoms with Crippen molar-refractivity contribution >= 4 is 22.5 Å². The van der Waals surface area contributed by atoms with Crippen molar-refractivity contribution in [3.63, 3.8) is 0 Å². The zero-order valence-corrected chi connectivity index (χ0v) is 21.7. The second-order valence-electron chi connectivity index (χ2n) is 9.50. The van der Waals surface area contributed by atoms with Gasteiger partial charge in [0.25, 0.3) is 6.43 Å². The normalized spacial score (nSPS) is 16.2. The van der Waals surface area contributed by atoms with Crippen LogP contribution in [0.1, 0.15) is 61.5 Å². The number of rotatable bonds is 7. The number of pyridine rings is 1. The number of nitrogens with zero attached hydrogens (tertiary/aromatic N) is 2. The molecule has 0 unspecified atom stereocenters. The van der Waals surface area contributed by atoms with Crippen LogP contribution < -0.4 is 10.1 Å². The molecule has 1 aliphatic heterocycles.